The van der Waals surface area contributed by atoms with Crippen LogP contribution in [0.15, 0.2) is 56.9 Å². The van der Waals surface area contributed by atoms with Gasteiger partial charge in [-0.25, -0.2) is 59.6 Å². The zero-order valence-corrected chi connectivity index (χ0v) is 24.6. The Bertz CT molecular complexity index is 1100. The van der Waals surface area contributed by atoms with Crippen molar-refractivity contribution in [3.05, 3.63) is 42.5 Å². The molecule has 12 heteroatoms. The Morgan fingerprint density at radius 2 is 1.26 bits per heavy atom. The Morgan fingerprint density at radius 3 is 1.64 bits per heavy atom. The van der Waals surface area contributed by atoms with Gasteiger partial charge in [-0.15, -0.1) is 0 Å². The second-order valence-corrected chi connectivity index (χ2v) is 10.0. The van der Waals surface area contributed by atoms with Crippen molar-refractivity contribution >= 4 is 42.6 Å². The van der Waals surface area contributed by atoms with Crippen molar-refractivity contribution in [2.75, 3.05) is 19.6 Å². The van der Waals surface area contributed by atoms with Gasteiger partial charge in [-0.1, -0.05) is 76.6 Å². The van der Waals surface area contributed by atoms with Gasteiger partial charge < -0.3 is 0 Å². The fourth-order valence-electron chi connectivity index (χ4n) is 4.50. The van der Waals surface area contributed by atoms with E-state index >= 15 is 0 Å². The van der Waals surface area contributed by atoms with Crippen molar-refractivity contribution < 1.29 is 28.8 Å². The van der Waals surface area contributed by atoms with Crippen LogP contribution in [0.2, 0.25) is 0 Å². The molecule has 2 N–H and O–H groups in total. The summed E-state index contributed by atoms with van der Waals surface area (Å²) in [6, 6.07) is 10.0. The molecule has 0 spiro atoms. The molecule has 1 saturated carbocycles. The largest absolute Gasteiger partial charge is 0.235 e. The van der Waals surface area contributed by atoms with E-state index in [0.29, 0.717) is 19.6 Å². The topological polar surface area (TPSA) is 200 Å². The molecule has 12 nitrogen and oxygen atoms in total. The predicted octanol–water partition coefficient (Wildman–Crippen LogP) is 5.59. The maximum Gasteiger partial charge on any atom is 0.235 e. The first-order valence-electron chi connectivity index (χ1n) is 13.0. The molecular weight excluding hydrogens is 540 g/mol. The number of carbonyl (C=O) groups excluding carboxylic acids is 6. The van der Waals surface area contributed by atoms with E-state index in [1.165, 1.54) is 17.7 Å². The van der Waals surface area contributed by atoms with E-state index in [1.807, 2.05) is 36.4 Å². The van der Waals surface area contributed by atoms with Gasteiger partial charge >= 0.3 is 0 Å². The van der Waals surface area contributed by atoms with Crippen molar-refractivity contribution in [2.45, 2.75) is 71.8 Å². The Kier molecular flexibility index (Phi) is 29.0. The van der Waals surface area contributed by atoms with E-state index in [-0.39, 0.29) is 16.9 Å². The molecule has 42 heavy (non-hydrogen) atoms. The van der Waals surface area contributed by atoms with Crippen LogP contribution in [0.25, 0.3) is 6.08 Å². The number of unbranched alkanes of at least 4 members (excludes halogenated alkanes) is 3. The highest BCUT2D eigenvalue weighted by Gasteiger charge is 2.41. The van der Waals surface area contributed by atoms with Crippen LogP contribution >= 0.6 is 0 Å². The number of aliphatic imine (C=N–C) groups is 4. The highest BCUT2D eigenvalue weighted by atomic mass is 16.1. The van der Waals surface area contributed by atoms with Gasteiger partial charge in [0, 0.05) is 0 Å². The standard InChI is InChI=1S/C12H18N2O2.C8H12N2O2.C8H8.2CHNO/c1-11(2)4-10(14-9-16)5-12(3,6-11)7-13-8-15;11-7-9-5-3-1-2-4-6-10-8-12;1-2-8-6-4-3-5-7-8;2*2-1-3/h10H,4-7H2,1-3H3;1-6H2;2-7H,1H2;2*2H. The number of isocyanates is 6. The molecule has 2 rings (SSSR count). The molecule has 1 aromatic carbocycles. The van der Waals surface area contributed by atoms with E-state index in [2.05, 4.69) is 47.3 Å². The second-order valence-electron chi connectivity index (χ2n) is 10.0. The zero-order valence-electron chi connectivity index (χ0n) is 24.6. The summed E-state index contributed by atoms with van der Waals surface area (Å²) in [4.78, 5) is 70.8. The number of hydrogen-bond donors (Lipinski definition) is 2. The van der Waals surface area contributed by atoms with Gasteiger partial charge in [0.25, 0.3) is 0 Å². The summed E-state index contributed by atoms with van der Waals surface area (Å²) in [7, 11) is 0. The number of nitrogens with zero attached hydrogens (tertiary/aromatic N) is 4. The lowest BCUT2D eigenvalue weighted by Gasteiger charge is -2.44. The number of rotatable bonds is 11. The van der Waals surface area contributed by atoms with E-state index in [0.717, 1.165) is 57.1 Å². The molecule has 0 aliphatic heterocycles. The summed E-state index contributed by atoms with van der Waals surface area (Å²) in [5, 5.41) is 10.8. The SMILES string of the molecule is C=Cc1ccccc1.CC1(C)CC(N=C=O)CC(C)(CN=C=O)C1.N=C=O.N=C=O.O=C=NCCCCCCN=C=O. The third kappa shape index (κ3) is 28.3. The van der Waals surface area contributed by atoms with E-state index in [9.17, 15) is 19.2 Å². The van der Waals surface area contributed by atoms with Gasteiger partial charge in [0.05, 0.1) is 25.7 Å². The minimum absolute atomic E-state index is 0.00750. The van der Waals surface area contributed by atoms with Crippen LogP contribution in [0.1, 0.15) is 71.3 Å². The molecule has 0 radical (unpaired) electrons. The average Bonchev–Trinajstić information content (AvgIpc) is 2.95. The molecule has 2 atom stereocenters. The third-order valence-corrected chi connectivity index (χ3v) is 5.64. The Labute approximate surface area is 246 Å². The van der Waals surface area contributed by atoms with Gasteiger partial charge in [-0.3, -0.25) is 0 Å². The number of nitrogens with one attached hydrogen (secondary N) is 2. The van der Waals surface area contributed by atoms with Crippen molar-refractivity contribution in [3.8, 4) is 0 Å². The lowest BCUT2D eigenvalue weighted by atomic mass is 9.63. The lowest BCUT2D eigenvalue weighted by molar-refractivity contribution is 0.0915. The Morgan fingerprint density at radius 1 is 0.786 bits per heavy atom. The maximum absolute atomic E-state index is 10.3. The molecule has 226 valence electrons. The smallest absolute Gasteiger partial charge is 0.222 e. The minimum Gasteiger partial charge on any atom is -0.222 e. The first-order chi connectivity index (χ1) is 20.1. The highest BCUT2D eigenvalue weighted by molar-refractivity contribution is 5.45. The molecule has 1 aromatic rings. The fraction of sp³-hybridized carbons (Fsp3) is 0.533. The number of hydrogen-bond acceptors (Lipinski definition) is 12. The summed E-state index contributed by atoms with van der Waals surface area (Å²) in [6.45, 7) is 11.6. The minimum atomic E-state index is -0.0653. The van der Waals surface area contributed by atoms with E-state index < -0.39 is 0 Å². The van der Waals surface area contributed by atoms with Crippen LogP contribution in [0, 0.1) is 21.6 Å². The van der Waals surface area contributed by atoms with Crippen molar-refractivity contribution in [3.63, 3.8) is 0 Å². The first kappa shape index (κ1) is 41.7. The monoisotopic (exact) mass is 580 g/mol. The molecule has 1 aliphatic carbocycles. The Hall–Kier alpha value is -4.76. The van der Waals surface area contributed by atoms with Gasteiger partial charge in [-0.2, -0.15) is 0 Å². The first-order valence-corrected chi connectivity index (χ1v) is 13.0. The Balaban J connectivity index is -0.000000515. The van der Waals surface area contributed by atoms with Gasteiger partial charge in [-0.05, 0) is 48.5 Å². The van der Waals surface area contributed by atoms with Crippen LogP contribution in [-0.4, -0.2) is 62.2 Å². The molecule has 2 unspecified atom stereocenters. The molecule has 0 heterocycles. The molecule has 1 fully saturated rings. The van der Waals surface area contributed by atoms with Crippen LogP contribution in [0.4, 0.5) is 0 Å². The van der Waals surface area contributed by atoms with Crippen LogP contribution < -0.4 is 0 Å². The quantitative estimate of drug-likeness (QED) is 0.194. The molecule has 0 saturated heterocycles. The van der Waals surface area contributed by atoms with Crippen molar-refractivity contribution in [1.29, 1.82) is 10.8 Å². The molecule has 0 bridgehead atoms. The average molecular weight is 581 g/mol. The van der Waals surface area contributed by atoms with Gasteiger partial charge in [0.15, 0.2) is 0 Å². The van der Waals surface area contributed by atoms with E-state index in [1.54, 1.807) is 12.2 Å². The summed E-state index contributed by atoms with van der Waals surface area (Å²) >= 11 is 0. The van der Waals surface area contributed by atoms with Crippen molar-refractivity contribution in [2.24, 2.45) is 30.8 Å². The van der Waals surface area contributed by atoms with E-state index in [4.69, 9.17) is 20.4 Å². The van der Waals surface area contributed by atoms with Gasteiger partial charge in [0.2, 0.25) is 36.5 Å². The third-order valence-electron chi connectivity index (χ3n) is 5.64. The van der Waals surface area contributed by atoms with Crippen LogP contribution in [-0.2, 0) is 28.8 Å². The lowest BCUT2D eigenvalue weighted by Crippen LogP contribution is -2.39. The molecule has 0 aromatic heterocycles. The predicted molar refractivity (Wildman–Crippen MR) is 158 cm³/mol. The second kappa shape index (κ2) is 29.2. The normalized spacial score (nSPS) is 16.7. The molecule has 1 aliphatic rings. The highest BCUT2D eigenvalue weighted by Crippen LogP contribution is 2.47. The molecular formula is C30H40N6O6. The van der Waals surface area contributed by atoms with Crippen molar-refractivity contribution in [1.82, 2.24) is 0 Å². The van der Waals surface area contributed by atoms with Gasteiger partial charge in [0.1, 0.15) is 0 Å². The van der Waals surface area contributed by atoms with Crippen LogP contribution in [0.3, 0.4) is 0 Å². The summed E-state index contributed by atoms with van der Waals surface area (Å²) in [5.41, 5.74) is 1.23. The summed E-state index contributed by atoms with van der Waals surface area (Å²) in [5.74, 6) is 0. The number of benzene rings is 1. The molecule has 0 amide bonds. The summed E-state index contributed by atoms with van der Waals surface area (Å²) in [6.07, 6.45) is 16.0. The maximum atomic E-state index is 10.3. The zero-order chi connectivity index (χ0) is 32.5. The summed E-state index contributed by atoms with van der Waals surface area (Å²) < 4.78 is 0. The fourth-order valence-corrected chi connectivity index (χ4v) is 4.50. The van der Waals surface area contributed by atoms with Crippen LogP contribution in [0.5, 0.6) is 0 Å².